The zero-order valence-corrected chi connectivity index (χ0v) is 16.1. The number of nitrogens with one attached hydrogen (secondary N) is 2. The Morgan fingerprint density at radius 1 is 1.07 bits per heavy atom. The third-order valence-corrected chi connectivity index (χ3v) is 4.70. The van der Waals surface area contributed by atoms with E-state index in [1.165, 1.54) is 11.6 Å². The minimum Gasteiger partial charge on any atom is -0.538 e. The molecule has 0 fully saturated rings. The first-order valence-corrected chi connectivity index (χ1v) is 9.37. The monoisotopic (exact) mass is 398 g/mol. The molecule has 28 heavy (non-hydrogen) atoms. The summed E-state index contributed by atoms with van der Waals surface area (Å²) in [4.78, 5) is 23.2. The predicted octanol–water partition coefficient (Wildman–Crippen LogP) is 2.02. The molecule has 2 aromatic carbocycles. The molecule has 0 aliphatic heterocycles. The Balaban J connectivity index is 1.63. The van der Waals surface area contributed by atoms with Gasteiger partial charge in [0.2, 0.25) is 17.5 Å². The van der Waals surface area contributed by atoms with Crippen LogP contribution in [0.1, 0.15) is 12.5 Å². The van der Waals surface area contributed by atoms with Crippen molar-refractivity contribution in [3.05, 3.63) is 54.1 Å². The quantitative estimate of drug-likeness (QED) is 0.485. The molecule has 0 unspecified atom stereocenters. The van der Waals surface area contributed by atoms with Crippen LogP contribution in [0.4, 0.5) is 11.4 Å². The lowest BCUT2D eigenvalue weighted by Gasteiger charge is -2.06. The molecule has 2 N–H and O–H groups in total. The molecule has 3 aromatic rings. The van der Waals surface area contributed by atoms with Crippen LogP contribution in [0.25, 0.3) is 5.69 Å². The number of anilines is 2. The van der Waals surface area contributed by atoms with Gasteiger partial charge in [-0.2, -0.15) is 0 Å². The van der Waals surface area contributed by atoms with Gasteiger partial charge in [-0.3, -0.25) is 9.59 Å². The number of benzene rings is 2. The first-order chi connectivity index (χ1) is 13.4. The Labute approximate surface area is 165 Å². The number of aromatic nitrogens is 2. The number of carbonyl (C=O) groups excluding carboxylic acids is 2. The topological polar surface area (TPSA) is 111 Å². The zero-order chi connectivity index (χ0) is 20.1. The van der Waals surface area contributed by atoms with E-state index in [2.05, 4.69) is 15.9 Å². The molecule has 0 aliphatic carbocycles. The second kappa shape index (κ2) is 8.57. The van der Waals surface area contributed by atoms with E-state index in [9.17, 15) is 14.7 Å². The molecular formula is C19H18N4O4S. The summed E-state index contributed by atoms with van der Waals surface area (Å²) in [7, 11) is 0. The molecule has 8 nitrogen and oxygen atoms in total. The number of hydrogen-bond acceptors (Lipinski definition) is 6. The van der Waals surface area contributed by atoms with Crippen LogP contribution in [0.3, 0.4) is 0 Å². The molecule has 144 valence electrons. The van der Waals surface area contributed by atoms with E-state index in [-0.39, 0.29) is 22.6 Å². The van der Waals surface area contributed by atoms with E-state index in [0.717, 1.165) is 17.3 Å². The first-order valence-electron chi connectivity index (χ1n) is 8.39. The van der Waals surface area contributed by atoms with Crippen LogP contribution < -0.4 is 20.4 Å². The highest BCUT2D eigenvalue weighted by molar-refractivity contribution is 7.99. The Kier molecular flexibility index (Phi) is 5.95. The van der Waals surface area contributed by atoms with Crippen molar-refractivity contribution >= 4 is 35.0 Å². The Morgan fingerprint density at radius 3 is 2.29 bits per heavy atom. The summed E-state index contributed by atoms with van der Waals surface area (Å²) in [6.45, 7) is 3.38. The highest BCUT2D eigenvalue weighted by Crippen LogP contribution is 2.23. The molecule has 0 saturated carbocycles. The van der Waals surface area contributed by atoms with E-state index in [0.29, 0.717) is 17.1 Å². The van der Waals surface area contributed by atoms with Crippen molar-refractivity contribution in [1.82, 2.24) is 5.27 Å². The van der Waals surface area contributed by atoms with Gasteiger partial charge in [0.1, 0.15) is 0 Å². The summed E-state index contributed by atoms with van der Waals surface area (Å²) in [5.41, 5.74) is 2.97. The van der Waals surface area contributed by atoms with Gasteiger partial charge in [-0.1, -0.05) is 17.7 Å². The van der Waals surface area contributed by atoms with Crippen LogP contribution in [-0.4, -0.2) is 22.8 Å². The molecule has 1 heterocycles. The minimum absolute atomic E-state index is 0.00968. The second-order valence-electron chi connectivity index (χ2n) is 6.01. The fourth-order valence-corrected chi connectivity index (χ4v) is 3.14. The van der Waals surface area contributed by atoms with Gasteiger partial charge in [0, 0.05) is 30.4 Å². The zero-order valence-electron chi connectivity index (χ0n) is 15.3. The number of amides is 2. The van der Waals surface area contributed by atoms with Gasteiger partial charge >= 0.3 is 0 Å². The van der Waals surface area contributed by atoms with Gasteiger partial charge in [-0.15, -0.1) is 0 Å². The van der Waals surface area contributed by atoms with Gasteiger partial charge in [0.25, 0.3) is 5.03 Å². The van der Waals surface area contributed by atoms with E-state index >= 15 is 0 Å². The fraction of sp³-hybridized carbons (Fsp3) is 0.158. The van der Waals surface area contributed by atoms with Crippen molar-refractivity contribution in [2.75, 3.05) is 16.4 Å². The average molecular weight is 398 g/mol. The largest absolute Gasteiger partial charge is 0.538 e. The van der Waals surface area contributed by atoms with Gasteiger partial charge < -0.3 is 20.3 Å². The molecule has 0 radical (unpaired) electrons. The summed E-state index contributed by atoms with van der Waals surface area (Å²) in [5.74, 6) is -1.04. The molecule has 0 aliphatic rings. The van der Waals surface area contributed by atoms with Gasteiger partial charge in [-0.25, -0.2) is 0 Å². The lowest BCUT2D eigenvalue weighted by atomic mass is 10.2. The summed E-state index contributed by atoms with van der Waals surface area (Å²) < 4.78 is 6.12. The molecule has 1 aromatic heterocycles. The molecule has 0 spiro atoms. The number of rotatable bonds is 6. The van der Waals surface area contributed by atoms with E-state index in [4.69, 9.17) is 4.52 Å². The average Bonchev–Trinajstić information content (AvgIpc) is 3.02. The third kappa shape index (κ3) is 4.89. The number of aryl methyl sites for hydroxylation is 1. The van der Waals surface area contributed by atoms with Gasteiger partial charge in [0.15, 0.2) is 5.95 Å². The lowest BCUT2D eigenvalue weighted by Crippen LogP contribution is -2.35. The Hall–Kier alpha value is -3.33. The highest BCUT2D eigenvalue weighted by atomic mass is 32.2. The van der Waals surface area contributed by atoms with Crippen molar-refractivity contribution in [3.63, 3.8) is 0 Å². The van der Waals surface area contributed by atoms with Crippen molar-refractivity contribution in [2.24, 2.45) is 0 Å². The summed E-state index contributed by atoms with van der Waals surface area (Å²) in [6, 6.07) is 14.2. The van der Waals surface area contributed by atoms with Crippen molar-refractivity contribution in [3.8, 4) is 11.6 Å². The van der Waals surface area contributed by atoms with Crippen LogP contribution in [0, 0.1) is 6.92 Å². The number of carbonyl (C=O) groups is 2. The molecule has 3 rings (SSSR count). The molecule has 0 bridgehead atoms. The van der Waals surface area contributed by atoms with Crippen LogP contribution in [0.5, 0.6) is 5.95 Å². The van der Waals surface area contributed by atoms with Crippen LogP contribution in [0.15, 0.2) is 58.1 Å². The van der Waals surface area contributed by atoms with Crippen LogP contribution in [-0.2, 0) is 9.59 Å². The maximum atomic E-state index is 12.2. The maximum absolute atomic E-state index is 12.2. The number of thioether (sulfide) groups is 1. The summed E-state index contributed by atoms with van der Waals surface area (Å²) in [6.07, 6.45) is 0. The lowest BCUT2D eigenvalue weighted by molar-refractivity contribution is -0.705. The standard InChI is InChI=1S/C19H17N4O4S/c1-12-3-9-16(10-4-12)23-18(19(26)27-22-23)28-11-17(25)21-15-7-5-14(6-8-15)20-13(2)24/h3-10,26H,11H2,1-2H3/q-1/p+1. The Bertz CT molecular complexity index is 984. The van der Waals surface area contributed by atoms with Crippen LogP contribution in [0.2, 0.25) is 0 Å². The van der Waals surface area contributed by atoms with Crippen molar-refractivity contribution in [2.45, 2.75) is 18.9 Å². The first kappa shape index (κ1) is 19.4. The van der Waals surface area contributed by atoms with E-state index in [1.54, 1.807) is 24.3 Å². The molecule has 2 amide bonds. The number of hydrogen-bond donors (Lipinski definition) is 2. The van der Waals surface area contributed by atoms with Crippen LogP contribution >= 0.6 is 11.8 Å². The second-order valence-corrected chi connectivity index (χ2v) is 6.97. The van der Waals surface area contributed by atoms with E-state index < -0.39 is 5.95 Å². The van der Waals surface area contributed by atoms with Crippen molar-refractivity contribution in [1.29, 1.82) is 0 Å². The third-order valence-electron chi connectivity index (χ3n) is 3.68. The molecular weight excluding hydrogens is 380 g/mol. The maximum Gasteiger partial charge on any atom is 0.298 e. The predicted molar refractivity (Wildman–Crippen MR) is 102 cm³/mol. The molecule has 0 saturated heterocycles. The molecule has 0 atom stereocenters. The summed E-state index contributed by atoms with van der Waals surface area (Å²) >= 11 is 1.04. The Morgan fingerprint density at radius 2 is 1.68 bits per heavy atom. The van der Waals surface area contributed by atoms with Gasteiger partial charge in [0.05, 0.1) is 11.0 Å². The number of nitrogens with zero attached hydrogens (tertiary/aromatic N) is 2. The van der Waals surface area contributed by atoms with E-state index in [1.807, 2.05) is 31.2 Å². The smallest absolute Gasteiger partial charge is 0.298 e. The minimum atomic E-state index is -0.599. The SMILES string of the molecule is CC(=O)Nc1ccc(NC(=O)CSc2c([O-])on[n+]2-c2ccc(C)cc2)cc1. The van der Waals surface area contributed by atoms with Crippen molar-refractivity contribution < 1.29 is 23.9 Å². The fourth-order valence-electron chi connectivity index (χ4n) is 2.38. The molecule has 9 heteroatoms. The van der Waals surface area contributed by atoms with Gasteiger partial charge in [-0.05, 0) is 47.6 Å². The highest BCUT2D eigenvalue weighted by Gasteiger charge is 2.22. The normalized spacial score (nSPS) is 10.5. The summed E-state index contributed by atoms with van der Waals surface area (Å²) in [5, 5.41) is 21.3.